The lowest BCUT2D eigenvalue weighted by Gasteiger charge is -2.24. The lowest BCUT2D eigenvalue weighted by Crippen LogP contribution is -2.26. The van der Waals surface area contributed by atoms with Crippen LogP contribution in [0, 0.1) is 10.1 Å². The number of nitro groups is 1. The maximum Gasteiger partial charge on any atom is 0.273 e. The molecule has 0 radical (unpaired) electrons. The van der Waals surface area contributed by atoms with E-state index in [9.17, 15) is 10.1 Å². The van der Waals surface area contributed by atoms with Crippen molar-refractivity contribution in [2.24, 2.45) is 0 Å². The average molecular weight is 249 g/mol. The molecule has 0 amide bonds. The van der Waals surface area contributed by atoms with E-state index in [0.717, 1.165) is 24.3 Å². The van der Waals surface area contributed by atoms with Gasteiger partial charge in [-0.15, -0.1) is 0 Å². The van der Waals surface area contributed by atoms with Crippen LogP contribution in [0.1, 0.15) is 26.2 Å². The molecule has 1 saturated carbocycles. The molecule has 18 heavy (non-hydrogen) atoms. The molecule has 5 nitrogen and oxygen atoms in total. The van der Waals surface area contributed by atoms with Gasteiger partial charge < -0.3 is 10.2 Å². The van der Waals surface area contributed by atoms with Crippen molar-refractivity contribution in [3.05, 3.63) is 28.3 Å². The molecule has 2 rings (SSSR count). The van der Waals surface area contributed by atoms with Crippen molar-refractivity contribution in [1.82, 2.24) is 0 Å². The van der Waals surface area contributed by atoms with Crippen LogP contribution in [0.5, 0.6) is 0 Å². The van der Waals surface area contributed by atoms with Crippen LogP contribution in [0.15, 0.2) is 18.2 Å². The zero-order chi connectivity index (χ0) is 13.1. The van der Waals surface area contributed by atoms with Gasteiger partial charge >= 0.3 is 0 Å². The summed E-state index contributed by atoms with van der Waals surface area (Å²) in [5, 5.41) is 13.9. The van der Waals surface area contributed by atoms with Crippen LogP contribution in [-0.2, 0) is 0 Å². The van der Waals surface area contributed by atoms with Gasteiger partial charge in [0.25, 0.3) is 5.69 Å². The van der Waals surface area contributed by atoms with E-state index in [1.807, 2.05) is 6.07 Å². The Morgan fingerprint density at radius 2 is 2.17 bits per heavy atom. The molecule has 1 N–H and O–H groups in total. The third kappa shape index (κ3) is 2.72. The Balaban J connectivity index is 2.34. The van der Waals surface area contributed by atoms with Crippen molar-refractivity contribution >= 4 is 17.1 Å². The Morgan fingerprint density at radius 1 is 1.44 bits per heavy atom. The summed E-state index contributed by atoms with van der Waals surface area (Å²) in [7, 11) is 1.78. The summed E-state index contributed by atoms with van der Waals surface area (Å²) in [4.78, 5) is 12.9. The van der Waals surface area contributed by atoms with E-state index in [4.69, 9.17) is 0 Å². The van der Waals surface area contributed by atoms with Gasteiger partial charge in [-0.25, -0.2) is 0 Å². The van der Waals surface area contributed by atoms with Crippen LogP contribution in [0.25, 0.3) is 0 Å². The molecule has 0 spiro atoms. The molecule has 0 saturated heterocycles. The highest BCUT2D eigenvalue weighted by atomic mass is 16.6. The minimum absolute atomic E-state index is 0.151. The maximum atomic E-state index is 10.9. The van der Waals surface area contributed by atoms with Gasteiger partial charge in [-0.3, -0.25) is 10.1 Å². The first kappa shape index (κ1) is 12.7. The quantitative estimate of drug-likeness (QED) is 0.622. The molecular formula is C13H19N3O2. The lowest BCUT2D eigenvalue weighted by atomic mass is 10.2. The number of rotatable bonds is 6. The smallest absolute Gasteiger partial charge is 0.273 e. The molecule has 0 heterocycles. The Morgan fingerprint density at radius 3 is 2.67 bits per heavy atom. The molecule has 1 fully saturated rings. The van der Waals surface area contributed by atoms with Crippen LogP contribution in [0.4, 0.5) is 17.1 Å². The second-order valence-electron chi connectivity index (χ2n) is 4.67. The van der Waals surface area contributed by atoms with Gasteiger partial charge in [0, 0.05) is 43.1 Å². The average Bonchev–Trinajstić information content (AvgIpc) is 3.19. The van der Waals surface area contributed by atoms with Crippen LogP contribution in [0.3, 0.4) is 0 Å². The monoisotopic (exact) mass is 249 g/mol. The highest BCUT2D eigenvalue weighted by Crippen LogP contribution is 2.35. The highest BCUT2D eigenvalue weighted by molar-refractivity contribution is 5.65. The van der Waals surface area contributed by atoms with Gasteiger partial charge in [-0.05, 0) is 25.3 Å². The lowest BCUT2D eigenvalue weighted by molar-refractivity contribution is -0.384. The molecule has 5 heteroatoms. The van der Waals surface area contributed by atoms with Gasteiger partial charge in [-0.2, -0.15) is 0 Å². The number of nitrogens with one attached hydrogen (secondary N) is 1. The van der Waals surface area contributed by atoms with E-state index in [1.54, 1.807) is 19.2 Å². The molecule has 1 aliphatic carbocycles. The van der Waals surface area contributed by atoms with Crippen LogP contribution >= 0.6 is 0 Å². The predicted octanol–water partition coefficient (Wildman–Crippen LogP) is 3.02. The second-order valence-corrected chi connectivity index (χ2v) is 4.67. The van der Waals surface area contributed by atoms with Crippen molar-refractivity contribution in [2.75, 3.05) is 23.8 Å². The molecule has 1 aromatic rings. The Hall–Kier alpha value is -1.78. The van der Waals surface area contributed by atoms with Gasteiger partial charge in [0.2, 0.25) is 0 Å². The van der Waals surface area contributed by atoms with Crippen LogP contribution < -0.4 is 10.2 Å². The molecule has 0 atom stereocenters. The molecular weight excluding hydrogens is 230 g/mol. The van der Waals surface area contributed by atoms with Crippen molar-refractivity contribution in [1.29, 1.82) is 0 Å². The molecule has 1 aliphatic rings. The van der Waals surface area contributed by atoms with E-state index in [2.05, 4.69) is 17.1 Å². The predicted molar refractivity (Wildman–Crippen MR) is 73.3 cm³/mol. The normalized spacial score (nSPS) is 14.3. The third-order valence-electron chi connectivity index (χ3n) is 3.19. The summed E-state index contributed by atoms with van der Waals surface area (Å²) in [6.07, 6.45) is 3.43. The van der Waals surface area contributed by atoms with Crippen LogP contribution in [-0.4, -0.2) is 24.6 Å². The SMILES string of the molecule is CCCN(c1cc(NC)cc([N+](=O)[O-])c1)C1CC1. The van der Waals surface area contributed by atoms with Crippen LogP contribution in [0.2, 0.25) is 0 Å². The number of non-ortho nitro benzene ring substituents is 1. The number of hydrogen-bond donors (Lipinski definition) is 1. The fourth-order valence-corrected chi connectivity index (χ4v) is 2.16. The minimum atomic E-state index is -0.332. The summed E-state index contributed by atoms with van der Waals surface area (Å²) in [6, 6.07) is 5.80. The minimum Gasteiger partial charge on any atom is -0.388 e. The van der Waals surface area contributed by atoms with Crippen molar-refractivity contribution in [2.45, 2.75) is 32.2 Å². The standard InChI is InChI=1S/C13H19N3O2/c1-3-6-15(11-4-5-11)12-7-10(14-2)8-13(9-12)16(17)18/h7-9,11,14H,3-6H2,1-2H3. The van der Waals surface area contributed by atoms with Crippen molar-refractivity contribution in [3.8, 4) is 0 Å². The summed E-state index contributed by atoms with van der Waals surface area (Å²) in [6.45, 7) is 3.08. The first-order chi connectivity index (χ1) is 8.65. The maximum absolute atomic E-state index is 10.9. The molecule has 98 valence electrons. The Bertz CT molecular complexity index is 444. The van der Waals surface area contributed by atoms with E-state index in [0.29, 0.717) is 6.04 Å². The van der Waals surface area contributed by atoms with E-state index in [1.165, 1.54) is 12.8 Å². The number of nitro benzene ring substituents is 1. The van der Waals surface area contributed by atoms with E-state index < -0.39 is 0 Å². The summed E-state index contributed by atoms with van der Waals surface area (Å²) in [5.41, 5.74) is 1.90. The fourth-order valence-electron chi connectivity index (χ4n) is 2.16. The van der Waals surface area contributed by atoms with Crippen molar-refractivity contribution < 1.29 is 4.92 Å². The van der Waals surface area contributed by atoms with Gasteiger partial charge in [0.1, 0.15) is 0 Å². The van der Waals surface area contributed by atoms with Gasteiger partial charge in [-0.1, -0.05) is 6.92 Å². The fraction of sp³-hybridized carbons (Fsp3) is 0.538. The topological polar surface area (TPSA) is 58.4 Å². The highest BCUT2D eigenvalue weighted by Gasteiger charge is 2.29. The van der Waals surface area contributed by atoms with Crippen molar-refractivity contribution in [3.63, 3.8) is 0 Å². The summed E-state index contributed by atoms with van der Waals surface area (Å²) >= 11 is 0. The zero-order valence-corrected chi connectivity index (χ0v) is 10.8. The zero-order valence-electron chi connectivity index (χ0n) is 10.8. The second kappa shape index (κ2) is 5.25. The largest absolute Gasteiger partial charge is 0.388 e. The van der Waals surface area contributed by atoms with Gasteiger partial charge in [0.15, 0.2) is 0 Å². The first-order valence-electron chi connectivity index (χ1n) is 6.39. The Kier molecular flexibility index (Phi) is 3.69. The molecule has 1 aromatic carbocycles. The number of hydrogen-bond acceptors (Lipinski definition) is 4. The molecule has 0 aromatic heterocycles. The summed E-state index contributed by atoms with van der Waals surface area (Å²) < 4.78 is 0. The number of anilines is 2. The first-order valence-corrected chi connectivity index (χ1v) is 6.39. The molecule has 0 aliphatic heterocycles. The molecule has 0 unspecified atom stereocenters. The summed E-state index contributed by atoms with van der Waals surface area (Å²) in [5.74, 6) is 0. The Labute approximate surface area is 107 Å². The third-order valence-corrected chi connectivity index (χ3v) is 3.19. The van der Waals surface area contributed by atoms with E-state index >= 15 is 0 Å². The number of benzene rings is 1. The van der Waals surface area contributed by atoms with E-state index in [-0.39, 0.29) is 10.6 Å². The number of nitrogens with zero attached hydrogens (tertiary/aromatic N) is 2. The van der Waals surface area contributed by atoms with Gasteiger partial charge in [0.05, 0.1) is 4.92 Å². The molecule has 0 bridgehead atoms.